The van der Waals surface area contributed by atoms with Gasteiger partial charge in [0.15, 0.2) is 0 Å². The number of nitrogens with one attached hydrogen (secondary N) is 3. The summed E-state index contributed by atoms with van der Waals surface area (Å²) >= 11 is 3.27. The van der Waals surface area contributed by atoms with Gasteiger partial charge in [-0.05, 0) is 53.0 Å². The van der Waals surface area contributed by atoms with Crippen LogP contribution in [0.15, 0.2) is 57.9 Å². The van der Waals surface area contributed by atoms with Crippen LogP contribution < -0.4 is 16.3 Å². The Morgan fingerprint density at radius 3 is 2.36 bits per heavy atom. The van der Waals surface area contributed by atoms with Gasteiger partial charge in [0, 0.05) is 28.2 Å². The van der Waals surface area contributed by atoms with Crippen LogP contribution in [0.1, 0.15) is 37.4 Å². The number of hydrogen-bond donors (Lipinski definition) is 4. The molecule has 0 aliphatic rings. The molecule has 2 amide bonds. The highest BCUT2D eigenvalue weighted by molar-refractivity contribution is 9.10. The van der Waals surface area contributed by atoms with Crippen LogP contribution in [0.5, 0.6) is 0 Å². The fraction of sp³-hybridized carbons (Fsp3) is 0.174. The minimum absolute atomic E-state index is 0.0176. The molecule has 1 aromatic heterocycles. The lowest BCUT2D eigenvalue weighted by Crippen LogP contribution is -2.42. The number of carbonyl (C=O) groups excluding carboxylic acids is 2. The third-order valence-electron chi connectivity index (χ3n) is 4.98. The van der Waals surface area contributed by atoms with Gasteiger partial charge in [-0.3, -0.25) is 14.6 Å². The SMILES string of the molecule is Cc1cccc(C)c1C(=O)Nc1[nH]c(=O)ncc1CC(NC(=O)c1ccccc1Br)C(=O)O. The summed E-state index contributed by atoms with van der Waals surface area (Å²) in [5.74, 6) is -2.32. The Morgan fingerprint density at radius 1 is 1.06 bits per heavy atom. The Kier molecular flexibility index (Phi) is 7.39. The number of aromatic amines is 1. The highest BCUT2D eigenvalue weighted by Gasteiger charge is 2.24. The first-order valence-electron chi connectivity index (χ1n) is 9.91. The van der Waals surface area contributed by atoms with Gasteiger partial charge in [0.25, 0.3) is 11.8 Å². The topological polar surface area (TPSA) is 141 Å². The Morgan fingerprint density at radius 2 is 1.73 bits per heavy atom. The molecular formula is C23H21BrN4O5. The van der Waals surface area contributed by atoms with Crippen molar-refractivity contribution in [3.05, 3.63) is 91.4 Å². The maximum absolute atomic E-state index is 12.9. The van der Waals surface area contributed by atoms with Crippen molar-refractivity contribution in [2.45, 2.75) is 26.3 Å². The number of H-pyrrole nitrogens is 1. The minimum atomic E-state index is -1.34. The van der Waals surface area contributed by atoms with Crippen molar-refractivity contribution in [2.24, 2.45) is 0 Å². The quantitative estimate of drug-likeness (QED) is 0.383. The average molecular weight is 513 g/mol. The maximum Gasteiger partial charge on any atom is 0.346 e. The van der Waals surface area contributed by atoms with E-state index >= 15 is 0 Å². The summed E-state index contributed by atoms with van der Waals surface area (Å²) in [6.45, 7) is 3.58. The Bertz CT molecular complexity index is 1270. The van der Waals surface area contributed by atoms with E-state index in [1.54, 1.807) is 50.2 Å². The van der Waals surface area contributed by atoms with Crippen molar-refractivity contribution in [1.82, 2.24) is 15.3 Å². The normalized spacial score (nSPS) is 11.5. The van der Waals surface area contributed by atoms with Gasteiger partial charge in [-0.25, -0.2) is 14.6 Å². The molecule has 1 unspecified atom stereocenters. The zero-order valence-corrected chi connectivity index (χ0v) is 19.4. The number of amides is 2. The molecule has 10 heteroatoms. The first kappa shape index (κ1) is 23.9. The number of carbonyl (C=O) groups is 3. The lowest BCUT2D eigenvalue weighted by molar-refractivity contribution is -0.139. The maximum atomic E-state index is 12.9. The van der Waals surface area contributed by atoms with Crippen LogP contribution >= 0.6 is 15.9 Å². The van der Waals surface area contributed by atoms with Crippen molar-refractivity contribution in [1.29, 1.82) is 0 Å². The molecule has 0 bridgehead atoms. The van der Waals surface area contributed by atoms with E-state index in [2.05, 4.69) is 36.5 Å². The molecule has 0 aliphatic carbocycles. The number of aromatic nitrogens is 2. The van der Waals surface area contributed by atoms with Crippen LogP contribution in [0.2, 0.25) is 0 Å². The van der Waals surface area contributed by atoms with E-state index in [1.165, 1.54) is 6.20 Å². The highest BCUT2D eigenvalue weighted by Crippen LogP contribution is 2.19. The van der Waals surface area contributed by atoms with Gasteiger partial charge in [-0.2, -0.15) is 0 Å². The molecule has 9 nitrogen and oxygen atoms in total. The van der Waals surface area contributed by atoms with Gasteiger partial charge in [0.2, 0.25) is 0 Å². The number of carboxylic acids is 1. The number of aryl methyl sites for hydroxylation is 2. The van der Waals surface area contributed by atoms with Crippen LogP contribution in [-0.2, 0) is 11.2 Å². The molecule has 3 aromatic rings. The third-order valence-corrected chi connectivity index (χ3v) is 5.67. The summed E-state index contributed by atoms with van der Waals surface area (Å²) in [5, 5.41) is 14.8. The predicted octanol–water partition coefficient (Wildman–Crippen LogP) is 2.83. The van der Waals surface area contributed by atoms with E-state index in [1.807, 2.05) is 6.07 Å². The lowest BCUT2D eigenvalue weighted by Gasteiger charge is -2.17. The molecule has 4 N–H and O–H groups in total. The summed E-state index contributed by atoms with van der Waals surface area (Å²) in [6, 6.07) is 10.7. The molecule has 1 heterocycles. The van der Waals surface area contributed by atoms with Crippen molar-refractivity contribution in [2.75, 3.05) is 5.32 Å². The van der Waals surface area contributed by atoms with Gasteiger partial charge in [-0.15, -0.1) is 0 Å². The van der Waals surface area contributed by atoms with Gasteiger partial charge in [0.05, 0.1) is 5.56 Å². The minimum Gasteiger partial charge on any atom is -0.480 e. The van der Waals surface area contributed by atoms with E-state index in [-0.39, 0.29) is 23.4 Å². The van der Waals surface area contributed by atoms with Crippen LogP contribution in [-0.4, -0.2) is 38.9 Å². The molecule has 3 rings (SSSR count). The monoisotopic (exact) mass is 512 g/mol. The average Bonchev–Trinajstić information content (AvgIpc) is 2.75. The summed E-state index contributed by atoms with van der Waals surface area (Å²) in [5.41, 5.74) is 1.74. The summed E-state index contributed by atoms with van der Waals surface area (Å²) < 4.78 is 0.513. The second-order valence-electron chi connectivity index (χ2n) is 7.36. The van der Waals surface area contributed by atoms with Gasteiger partial charge >= 0.3 is 11.7 Å². The summed E-state index contributed by atoms with van der Waals surface area (Å²) in [4.78, 5) is 55.2. The first-order chi connectivity index (χ1) is 15.7. The smallest absolute Gasteiger partial charge is 0.346 e. The number of rotatable bonds is 7. The number of halogens is 1. The van der Waals surface area contributed by atoms with Crippen LogP contribution in [0.25, 0.3) is 0 Å². The molecular weight excluding hydrogens is 492 g/mol. The van der Waals surface area contributed by atoms with E-state index in [4.69, 9.17) is 0 Å². The predicted molar refractivity (Wildman–Crippen MR) is 125 cm³/mol. The molecule has 0 aliphatic heterocycles. The van der Waals surface area contributed by atoms with Crippen molar-refractivity contribution in [3.63, 3.8) is 0 Å². The number of nitrogens with zero attached hydrogens (tertiary/aromatic N) is 1. The van der Waals surface area contributed by atoms with Crippen molar-refractivity contribution >= 4 is 39.5 Å². The van der Waals surface area contributed by atoms with Crippen LogP contribution in [0.4, 0.5) is 5.82 Å². The van der Waals surface area contributed by atoms with Gasteiger partial charge in [0.1, 0.15) is 11.9 Å². The Balaban J connectivity index is 1.87. The lowest BCUT2D eigenvalue weighted by atomic mass is 10.0. The first-order valence-corrected chi connectivity index (χ1v) is 10.7. The Labute approximate surface area is 197 Å². The molecule has 170 valence electrons. The van der Waals surface area contributed by atoms with Gasteiger partial charge in [-0.1, -0.05) is 30.3 Å². The molecule has 0 saturated heterocycles. The van der Waals surface area contributed by atoms with E-state index < -0.39 is 29.5 Å². The molecule has 0 fully saturated rings. The number of carboxylic acid groups (broad SMARTS) is 1. The molecule has 33 heavy (non-hydrogen) atoms. The molecule has 0 spiro atoms. The highest BCUT2D eigenvalue weighted by atomic mass is 79.9. The third kappa shape index (κ3) is 5.72. The zero-order chi connectivity index (χ0) is 24.1. The molecule has 0 radical (unpaired) electrons. The molecule has 2 aromatic carbocycles. The van der Waals surface area contributed by atoms with Crippen molar-refractivity contribution in [3.8, 4) is 0 Å². The largest absolute Gasteiger partial charge is 0.480 e. The summed E-state index contributed by atoms with van der Waals surface area (Å²) in [6.07, 6.45) is 0.956. The number of benzene rings is 2. The fourth-order valence-corrected chi connectivity index (χ4v) is 3.80. The molecule has 1 atom stereocenters. The zero-order valence-electron chi connectivity index (χ0n) is 17.8. The van der Waals surface area contributed by atoms with E-state index in [0.29, 0.717) is 10.0 Å². The fourth-order valence-electron chi connectivity index (χ4n) is 3.34. The standard InChI is InChI=1S/C23H21BrN4O5/c1-12-6-5-7-13(2)18(12)21(30)27-19-14(11-25-23(33)28-19)10-17(22(31)32)26-20(29)15-8-3-4-9-16(15)24/h3-9,11,17H,10H2,1-2H3,(H,26,29)(H,31,32)(H2,25,27,28,30,33). The van der Waals surface area contributed by atoms with Gasteiger partial charge < -0.3 is 15.7 Å². The summed E-state index contributed by atoms with van der Waals surface area (Å²) in [7, 11) is 0. The van der Waals surface area contributed by atoms with E-state index in [9.17, 15) is 24.3 Å². The van der Waals surface area contributed by atoms with E-state index in [0.717, 1.165) is 11.1 Å². The number of anilines is 1. The second-order valence-corrected chi connectivity index (χ2v) is 8.21. The van der Waals surface area contributed by atoms with Crippen LogP contribution in [0, 0.1) is 13.8 Å². The number of aliphatic carboxylic acids is 1. The molecule has 0 saturated carbocycles. The Hall–Kier alpha value is -3.79. The van der Waals surface area contributed by atoms with Crippen LogP contribution in [0.3, 0.4) is 0 Å². The van der Waals surface area contributed by atoms with Crippen molar-refractivity contribution < 1.29 is 19.5 Å². The number of hydrogen-bond acceptors (Lipinski definition) is 5. The second kappa shape index (κ2) is 10.2.